The van der Waals surface area contributed by atoms with Crippen molar-refractivity contribution < 1.29 is 17.9 Å². The van der Waals surface area contributed by atoms with Gasteiger partial charge in [-0.2, -0.15) is 8.78 Å². The number of ether oxygens (including phenoxy) is 1. The molecule has 0 spiro atoms. The summed E-state index contributed by atoms with van der Waals surface area (Å²) in [5.41, 5.74) is 1.06. The van der Waals surface area contributed by atoms with Crippen molar-refractivity contribution in [3.8, 4) is 17.1 Å². The first-order valence-electron chi connectivity index (χ1n) is 8.14. The van der Waals surface area contributed by atoms with Gasteiger partial charge >= 0.3 is 6.61 Å². The molecule has 0 N–H and O–H groups in total. The molecule has 0 aliphatic carbocycles. The highest BCUT2D eigenvalue weighted by Gasteiger charge is 2.16. The molecule has 3 aromatic rings. The molecule has 4 nitrogen and oxygen atoms in total. The van der Waals surface area contributed by atoms with Crippen LogP contribution in [-0.4, -0.2) is 21.4 Å². The molecule has 3 rings (SSSR count). The Kier molecular flexibility index (Phi) is 6.64. The summed E-state index contributed by atoms with van der Waals surface area (Å²) in [6, 6.07) is 10.6. The summed E-state index contributed by atoms with van der Waals surface area (Å²) in [5, 5.41) is 9.25. The van der Waals surface area contributed by atoms with Crippen LogP contribution < -0.4 is 4.74 Å². The number of thioether (sulfide) groups is 1. The molecule has 28 heavy (non-hydrogen) atoms. The minimum absolute atomic E-state index is 0.0531. The van der Waals surface area contributed by atoms with Crippen molar-refractivity contribution in [3.05, 3.63) is 71.5 Å². The van der Waals surface area contributed by atoms with E-state index in [2.05, 4.69) is 21.5 Å². The number of alkyl halides is 2. The molecule has 1 aromatic heterocycles. The number of benzene rings is 2. The molecule has 0 fully saturated rings. The van der Waals surface area contributed by atoms with Gasteiger partial charge in [-0.15, -0.1) is 16.8 Å². The Morgan fingerprint density at radius 2 is 1.93 bits per heavy atom. The first-order chi connectivity index (χ1) is 13.5. The van der Waals surface area contributed by atoms with Crippen LogP contribution in [-0.2, 0) is 12.3 Å². The van der Waals surface area contributed by atoms with Gasteiger partial charge in [0.1, 0.15) is 11.6 Å². The van der Waals surface area contributed by atoms with Crippen molar-refractivity contribution in [3.63, 3.8) is 0 Å². The van der Waals surface area contributed by atoms with Crippen molar-refractivity contribution in [1.82, 2.24) is 14.8 Å². The van der Waals surface area contributed by atoms with Crippen LogP contribution in [0.25, 0.3) is 11.4 Å². The third kappa shape index (κ3) is 4.69. The quantitative estimate of drug-likeness (QED) is 0.337. The molecule has 1 heterocycles. The van der Waals surface area contributed by atoms with Crippen LogP contribution in [0.5, 0.6) is 5.75 Å². The van der Waals surface area contributed by atoms with Gasteiger partial charge in [-0.05, 0) is 36.4 Å². The number of hydrogen-bond donors (Lipinski definition) is 0. The Labute approximate surface area is 169 Å². The van der Waals surface area contributed by atoms with Gasteiger partial charge in [-0.1, -0.05) is 35.5 Å². The maximum atomic E-state index is 14.0. The van der Waals surface area contributed by atoms with E-state index >= 15 is 0 Å². The first kappa shape index (κ1) is 20.3. The smallest absolute Gasteiger partial charge is 0.387 e. The topological polar surface area (TPSA) is 39.9 Å². The van der Waals surface area contributed by atoms with E-state index in [1.807, 2.05) is 0 Å². The third-order valence-electron chi connectivity index (χ3n) is 3.77. The molecule has 2 aromatic carbocycles. The van der Waals surface area contributed by atoms with Crippen LogP contribution in [0.1, 0.15) is 5.56 Å². The monoisotopic (exact) mass is 425 g/mol. The number of nitrogens with zero attached hydrogens (tertiary/aromatic N) is 3. The number of allylic oxidation sites excluding steroid dienone is 1. The van der Waals surface area contributed by atoms with E-state index in [-0.39, 0.29) is 17.3 Å². The highest BCUT2D eigenvalue weighted by molar-refractivity contribution is 7.98. The molecular weight excluding hydrogens is 411 g/mol. The zero-order chi connectivity index (χ0) is 20.1. The summed E-state index contributed by atoms with van der Waals surface area (Å²) in [4.78, 5) is 0. The Balaban J connectivity index is 1.84. The average molecular weight is 426 g/mol. The number of hydrogen-bond acceptors (Lipinski definition) is 4. The van der Waals surface area contributed by atoms with Crippen molar-refractivity contribution in [1.29, 1.82) is 0 Å². The van der Waals surface area contributed by atoms with Gasteiger partial charge < -0.3 is 4.74 Å². The van der Waals surface area contributed by atoms with Crippen molar-refractivity contribution in [2.45, 2.75) is 24.1 Å². The highest BCUT2D eigenvalue weighted by atomic mass is 35.5. The van der Waals surface area contributed by atoms with Gasteiger partial charge in [-0.3, -0.25) is 4.57 Å². The maximum absolute atomic E-state index is 14.0. The van der Waals surface area contributed by atoms with Crippen LogP contribution in [0.2, 0.25) is 5.02 Å². The lowest BCUT2D eigenvalue weighted by Crippen LogP contribution is -2.02. The van der Waals surface area contributed by atoms with E-state index < -0.39 is 6.61 Å². The number of rotatable bonds is 8. The lowest BCUT2D eigenvalue weighted by molar-refractivity contribution is -0.0498. The predicted octanol–water partition coefficient (Wildman–Crippen LogP) is 5.82. The molecule has 0 aliphatic rings. The van der Waals surface area contributed by atoms with Crippen molar-refractivity contribution in [2.24, 2.45) is 0 Å². The molecule has 9 heteroatoms. The van der Waals surface area contributed by atoms with Gasteiger partial charge in [-0.25, -0.2) is 4.39 Å². The minimum Gasteiger partial charge on any atom is -0.435 e. The zero-order valence-corrected chi connectivity index (χ0v) is 16.1. The van der Waals surface area contributed by atoms with Crippen LogP contribution in [0.3, 0.4) is 0 Å². The van der Waals surface area contributed by atoms with E-state index in [0.717, 1.165) is 0 Å². The maximum Gasteiger partial charge on any atom is 0.387 e. The standard InChI is InChI=1S/C19H15ClF3N3OS/c1-2-10-26-17(12-6-8-13(9-7-12)27-18(22)23)24-25-19(26)28-11-14-15(20)4-3-5-16(14)21/h2-9,18H,1,10-11H2. The SMILES string of the molecule is C=CCn1c(SCc2c(F)cccc2Cl)nnc1-c1ccc(OC(F)F)cc1. The second-order valence-electron chi connectivity index (χ2n) is 5.60. The van der Waals surface area contributed by atoms with E-state index in [0.29, 0.717) is 33.7 Å². The molecule has 0 amide bonds. The summed E-state index contributed by atoms with van der Waals surface area (Å²) < 4.78 is 44.7. The lowest BCUT2D eigenvalue weighted by atomic mass is 10.2. The predicted molar refractivity (Wildman–Crippen MR) is 103 cm³/mol. The lowest BCUT2D eigenvalue weighted by Gasteiger charge is -2.09. The summed E-state index contributed by atoms with van der Waals surface area (Å²) in [6.45, 7) is 1.27. The fraction of sp³-hybridized carbons (Fsp3) is 0.158. The normalized spacial score (nSPS) is 11.0. The largest absolute Gasteiger partial charge is 0.435 e. The fourth-order valence-corrected chi connectivity index (χ4v) is 3.79. The Morgan fingerprint density at radius 3 is 2.57 bits per heavy atom. The second-order valence-corrected chi connectivity index (χ2v) is 6.95. The van der Waals surface area contributed by atoms with Crippen LogP contribution >= 0.6 is 23.4 Å². The first-order valence-corrected chi connectivity index (χ1v) is 9.51. The van der Waals surface area contributed by atoms with Gasteiger partial charge in [0.2, 0.25) is 0 Å². The van der Waals surface area contributed by atoms with Crippen LogP contribution in [0.15, 0.2) is 60.3 Å². The molecule has 0 unspecified atom stereocenters. The molecule has 146 valence electrons. The van der Waals surface area contributed by atoms with Crippen LogP contribution in [0, 0.1) is 5.82 Å². The molecule has 0 atom stereocenters. The van der Waals surface area contributed by atoms with Crippen molar-refractivity contribution >= 4 is 23.4 Å². The zero-order valence-electron chi connectivity index (χ0n) is 14.5. The molecule has 0 saturated carbocycles. The Morgan fingerprint density at radius 1 is 1.18 bits per heavy atom. The number of aromatic nitrogens is 3. The third-order valence-corrected chi connectivity index (χ3v) is 5.12. The minimum atomic E-state index is -2.89. The van der Waals surface area contributed by atoms with Crippen molar-refractivity contribution in [2.75, 3.05) is 0 Å². The molecular formula is C19H15ClF3N3OS. The molecule has 0 saturated heterocycles. The summed E-state index contributed by atoms with van der Waals surface area (Å²) in [5.74, 6) is 0.481. The number of halogens is 4. The molecule has 0 bridgehead atoms. The molecule has 0 radical (unpaired) electrons. The summed E-state index contributed by atoms with van der Waals surface area (Å²) in [7, 11) is 0. The molecule has 0 aliphatic heterocycles. The Hall–Kier alpha value is -2.45. The van der Waals surface area contributed by atoms with E-state index in [1.165, 1.54) is 30.0 Å². The second kappa shape index (κ2) is 9.16. The van der Waals surface area contributed by atoms with E-state index in [4.69, 9.17) is 11.6 Å². The van der Waals surface area contributed by atoms with Gasteiger partial charge in [0.25, 0.3) is 0 Å². The van der Waals surface area contributed by atoms with Crippen LogP contribution in [0.4, 0.5) is 13.2 Å². The average Bonchev–Trinajstić information content (AvgIpc) is 3.05. The van der Waals surface area contributed by atoms with E-state index in [9.17, 15) is 13.2 Å². The summed E-state index contributed by atoms with van der Waals surface area (Å²) >= 11 is 7.36. The van der Waals surface area contributed by atoms with Gasteiger partial charge in [0, 0.05) is 28.4 Å². The summed E-state index contributed by atoms with van der Waals surface area (Å²) in [6.07, 6.45) is 1.68. The van der Waals surface area contributed by atoms with E-state index in [1.54, 1.807) is 34.9 Å². The highest BCUT2D eigenvalue weighted by Crippen LogP contribution is 2.30. The Bertz CT molecular complexity index is 943. The van der Waals surface area contributed by atoms with Gasteiger partial charge in [0.15, 0.2) is 11.0 Å². The fourth-order valence-electron chi connectivity index (χ4n) is 2.50. The van der Waals surface area contributed by atoms with Gasteiger partial charge in [0.05, 0.1) is 0 Å².